The molecular weight excluding hydrogens is 516 g/mol. The minimum atomic E-state index is -3.70. The van der Waals surface area contributed by atoms with Crippen LogP contribution in [0.1, 0.15) is 21.6 Å². The SMILES string of the molecule is Cc1cc(-n2ncc(C(=O)c3cc4cc(F)c(NS(C)(=O)=O)cc4[nH]3)c2N)ccc1Oc1ccccc1F. The molecule has 0 amide bonds. The number of rotatable bonds is 7. The number of aryl methyl sites for hydroxylation is 1. The van der Waals surface area contributed by atoms with Crippen LogP contribution in [0.5, 0.6) is 11.5 Å². The first-order valence-electron chi connectivity index (χ1n) is 11.2. The molecule has 0 aliphatic heterocycles. The predicted molar refractivity (Wildman–Crippen MR) is 139 cm³/mol. The lowest BCUT2D eigenvalue weighted by molar-refractivity contribution is 0.103. The third-order valence-corrected chi connectivity index (χ3v) is 6.35. The van der Waals surface area contributed by atoms with Crippen LogP contribution < -0.4 is 15.2 Å². The maximum atomic E-state index is 14.4. The highest BCUT2D eigenvalue weighted by atomic mass is 32.2. The number of hydrogen-bond donors (Lipinski definition) is 3. The van der Waals surface area contributed by atoms with E-state index in [-0.39, 0.29) is 28.5 Å². The van der Waals surface area contributed by atoms with Crippen molar-refractivity contribution in [3.05, 3.63) is 95.3 Å². The number of ketones is 1. The average Bonchev–Trinajstić information content (AvgIpc) is 3.43. The highest BCUT2D eigenvalue weighted by molar-refractivity contribution is 7.92. The topological polar surface area (TPSA) is 132 Å². The summed E-state index contributed by atoms with van der Waals surface area (Å²) >= 11 is 0. The van der Waals surface area contributed by atoms with Gasteiger partial charge in [-0.1, -0.05) is 12.1 Å². The smallest absolute Gasteiger partial charge is 0.229 e. The molecule has 5 aromatic rings. The van der Waals surface area contributed by atoms with Crippen LogP contribution in [0.15, 0.2) is 66.9 Å². The molecule has 0 saturated carbocycles. The molecule has 2 aromatic heterocycles. The minimum Gasteiger partial charge on any atom is -0.454 e. The number of hydrogen-bond acceptors (Lipinski definition) is 6. The Balaban J connectivity index is 1.43. The Labute approximate surface area is 215 Å². The number of nitrogen functional groups attached to an aromatic ring is 1. The maximum Gasteiger partial charge on any atom is 0.229 e. The Bertz CT molecular complexity index is 1830. The number of para-hydroxylation sites is 1. The van der Waals surface area contributed by atoms with Crippen LogP contribution in [0.2, 0.25) is 0 Å². The summed E-state index contributed by atoms with van der Waals surface area (Å²) in [6.07, 6.45) is 2.23. The van der Waals surface area contributed by atoms with E-state index >= 15 is 0 Å². The van der Waals surface area contributed by atoms with Gasteiger partial charge in [-0.05, 0) is 61.0 Å². The molecule has 2 heterocycles. The van der Waals surface area contributed by atoms with Crippen LogP contribution in [0.3, 0.4) is 0 Å². The third-order valence-electron chi connectivity index (χ3n) is 5.76. The van der Waals surface area contributed by atoms with Gasteiger partial charge in [-0.2, -0.15) is 5.10 Å². The lowest BCUT2D eigenvalue weighted by Crippen LogP contribution is -2.10. The normalized spacial score (nSPS) is 11.6. The van der Waals surface area contributed by atoms with Crippen molar-refractivity contribution in [3.63, 3.8) is 0 Å². The Morgan fingerprint density at radius 1 is 1.05 bits per heavy atom. The molecule has 0 radical (unpaired) electrons. The number of nitrogens with two attached hydrogens (primary N) is 1. The van der Waals surface area contributed by atoms with Gasteiger partial charge in [0.2, 0.25) is 15.8 Å². The fourth-order valence-corrected chi connectivity index (χ4v) is 4.52. The summed E-state index contributed by atoms with van der Waals surface area (Å²) in [4.78, 5) is 16.1. The van der Waals surface area contributed by atoms with E-state index in [4.69, 9.17) is 10.5 Å². The first-order valence-corrected chi connectivity index (χ1v) is 13.1. The maximum absolute atomic E-state index is 14.4. The summed E-state index contributed by atoms with van der Waals surface area (Å²) in [5, 5.41) is 4.62. The van der Waals surface area contributed by atoms with Crippen molar-refractivity contribution in [3.8, 4) is 17.2 Å². The van der Waals surface area contributed by atoms with Crippen LogP contribution in [0.25, 0.3) is 16.6 Å². The van der Waals surface area contributed by atoms with Crippen molar-refractivity contribution in [2.75, 3.05) is 16.7 Å². The van der Waals surface area contributed by atoms with Gasteiger partial charge in [0.25, 0.3) is 0 Å². The van der Waals surface area contributed by atoms with Crippen LogP contribution >= 0.6 is 0 Å². The van der Waals surface area contributed by atoms with E-state index in [2.05, 4.69) is 14.8 Å². The number of sulfonamides is 1. The highest BCUT2D eigenvalue weighted by Crippen LogP contribution is 2.30. The fraction of sp³-hybridized carbons (Fsp3) is 0.0769. The number of fused-ring (bicyclic) bond motifs is 1. The first-order chi connectivity index (χ1) is 18.0. The largest absolute Gasteiger partial charge is 0.454 e. The van der Waals surface area contributed by atoms with Crippen LogP contribution in [-0.4, -0.2) is 35.2 Å². The molecule has 5 rings (SSSR count). The summed E-state index contributed by atoms with van der Waals surface area (Å²) in [5.41, 5.74) is 7.84. The molecule has 0 unspecified atom stereocenters. The second-order valence-electron chi connectivity index (χ2n) is 8.64. The molecule has 3 aromatic carbocycles. The van der Waals surface area contributed by atoms with Gasteiger partial charge in [0, 0.05) is 10.9 Å². The Morgan fingerprint density at radius 3 is 2.53 bits per heavy atom. The number of nitrogens with one attached hydrogen (secondary N) is 2. The van der Waals surface area contributed by atoms with E-state index in [1.54, 1.807) is 37.3 Å². The zero-order chi connectivity index (χ0) is 27.2. The second kappa shape index (κ2) is 9.30. The van der Waals surface area contributed by atoms with E-state index in [1.807, 2.05) is 0 Å². The lowest BCUT2D eigenvalue weighted by atomic mass is 10.1. The quantitative estimate of drug-likeness (QED) is 0.253. The molecule has 0 aliphatic rings. The number of benzene rings is 3. The molecule has 194 valence electrons. The van der Waals surface area contributed by atoms with E-state index < -0.39 is 27.4 Å². The number of halogens is 2. The minimum absolute atomic E-state index is 0.0708. The molecule has 9 nitrogen and oxygen atoms in total. The average molecular weight is 538 g/mol. The molecule has 0 atom stereocenters. The van der Waals surface area contributed by atoms with Gasteiger partial charge >= 0.3 is 0 Å². The van der Waals surface area contributed by atoms with Crippen LogP contribution in [0.4, 0.5) is 20.3 Å². The molecule has 0 spiro atoms. The van der Waals surface area contributed by atoms with Gasteiger partial charge < -0.3 is 15.5 Å². The van der Waals surface area contributed by atoms with Gasteiger partial charge in [-0.3, -0.25) is 9.52 Å². The zero-order valence-corrected chi connectivity index (χ0v) is 20.9. The van der Waals surface area contributed by atoms with Crippen molar-refractivity contribution in [1.29, 1.82) is 0 Å². The monoisotopic (exact) mass is 537 g/mol. The number of carbonyl (C=O) groups excluding carboxylic acids is 1. The second-order valence-corrected chi connectivity index (χ2v) is 10.4. The summed E-state index contributed by atoms with van der Waals surface area (Å²) in [6.45, 7) is 1.78. The van der Waals surface area contributed by atoms with Crippen molar-refractivity contribution < 1.29 is 26.7 Å². The number of H-pyrrole nitrogens is 1. The zero-order valence-electron chi connectivity index (χ0n) is 20.1. The van der Waals surface area contributed by atoms with Crippen LogP contribution in [-0.2, 0) is 10.0 Å². The van der Waals surface area contributed by atoms with Gasteiger partial charge in [0.15, 0.2) is 11.6 Å². The number of aromatic nitrogens is 3. The Kier molecular flexibility index (Phi) is 6.11. The fourth-order valence-electron chi connectivity index (χ4n) is 3.96. The summed E-state index contributed by atoms with van der Waals surface area (Å²) in [6, 6.07) is 14.9. The van der Waals surface area contributed by atoms with Crippen molar-refractivity contribution in [2.24, 2.45) is 0 Å². The first kappa shape index (κ1) is 25.0. The van der Waals surface area contributed by atoms with Gasteiger partial charge in [0.05, 0.1) is 35.1 Å². The Morgan fingerprint density at radius 2 is 1.82 bits per heavy atom. The Hall–Kier alpha value is -4.71. The summed E-state index contributed by atoms with van der Waals surface area (Å²) in [5.74, 6) is -1.16. The molecule has 38 heavy (non-hydrogen) atoms. The molecular formula is C26H21F2N5O4S. The molecule has 0 saturated heterocycles. The summed E-state index contributed by atoms with van der Waals surface area (Å²) < 4.78 is 60.5. The van der Waals surface area contributed by atoms with E-state index in [0.717, 1.165) is 12.3 Å². The van der Waals surface area contributed by atoms with Crippen molar-refractivity contribution in [1.82, 2.24) is 14.8 Å². The van der Waals surface area contributed by atoms with E-state index in [1.165, 1.54) is 35.1 Å². The highest BCUT2D eigenvalue weighted by Gasteiger charge is 2.21. The molecule has 0 fully saturated rings. The summed E-state index contributed by atoms with van der Waals surface area (Å²) in [7, 11) is -3.70. The van der Waals surface area contributed by atoms with Gasteiger partial charge in [-0.15, -0.1) is 0 Å². The number of nitrogens with zero attached hydrogens (tertiary/aromatic N) is 2. The van der Waals surface area contributed by atoms with E-state index in [0.29, 0.717) is 27.9 Å². The number of aromatic amines is 1. The third kappa shape index (κ3) is 4.81. The number of ether oxygens (including phenoxy) is 1. The van der Waals surface area contributed by atoms with Crippen LogP contribution in [0, 0.1) is 18.6 Å². The van der Waals surface area contributed by atoms with Gasteiger partial charge in [-0.25, -0.2) is 21.9 Å². The molecule has 12 heteroatoms. The van der Waals surface area contributed by atoms with Crippen molar-refractivity contribution in [2.45, 2.75) is 6.92 Å². The van der Waals surface area contributed by atoms with Gasteiger partial charge in [0.1, 0.15) is 17.4 Å². The molecule has 4 N–H and O–H groups in total. The standard InChI is InChI=1S/C26H21F2N5O4S/c1-14-9-16(7-8-23(14)37-24-6-4-3-5-18(24)27)33-26(29)17(13-30-33)25(34)22-11-15-10-19(28)21(12-20(15)31-22)32-38(2,35)36/h3-13,31-32H,29H2,1-2H3. The number of anilines is 2. The molecule has 0 aliphatic carbocycles. The lowest BCUT2D eigenvalue weighted by Gasteiger charge is -2.12. The number of carbonyl (C=O) groups is 1. The molecule has 0 bridgehead atoms. The van der Waals surface area contributed by atoms with Crippen molar-refractivity contribution >= 4 is 38.2 Å². The predicted octanol–water partition coefficient (Wildman–Crippen LogP) is 4.92. The van der Waals surface area contributed by atoms with E-state index in [9.17, 15) is 22.0 Å².